The molecule has 0 aliphatic carbocycles. The van der Waals surface area contributed by atoms with E-state index < -0.39 is 0 Å². The maximum Gasteiger partial charge on any atom is 0.129 e. The molecule has 0 atom stereocenters. The van der Waals surface area contributed by atoms with Gasteiger partial charge in [0.2, 0.25) is 0 Å². The van der Waals surface area contributed by atoms with Crippen LogP contribution >= 0.6 is 28.1 Å². The second kappa shape index (κ2) is 6.12. The number of hydrogen-bond acceptors (Lipinski definition) is 2. The molecule has 0 fully saturated rings. The van der Waals surface area contributed by atoms with E-state index in [0.717, 1.165) is 10.0 Å². The van der Waals surface area contributed by atoms with Gasteiger partial charge in [-0.2, -0.15) is 0 Å². The average Bonchev–Trinajstić information content (AvgIpc) is 2.40. The first-order valence-electron chi connectivity index (χ1n) is 5.53. The minimum Gasteiger partial charge on any atom is -0.489 e. The van der Waals surface area contributed by atoms with Crippen molar-refractivity contribution < 1.29 is 9.13 Å². The fourth-order valence-electron chi connectivity index (χ4n) is 1.55. The molecule has 2 N–H and O–H groups in total. The molecule has 2 nitrogen and oxygen atoms in total. The van der Waals surface area contributed by atoms with E-state index in [9.17, 15) is 4.39 Å². The van der Waals surface area contributed by atoms with Gasteiger partial charge in [0.1, 0.15) is 23.2 Å². The quantitative estimate of drug-likeness (QED) is 0.860. The summed E-state index contributed by atoms with van der Waals surface area (Å²) in [7, 11) is 0. The zero-order valence-corrected chi connectivity index (χ0v) is 12.3. The van der Waals surface area contributed by atoms with Gasteiger partial charge in [-0.25, -0.2) is 4.39 Å². The van der Waals surface area contributed by atoms with Crippen molar-refractivity contribution in [2.75, 3.05) is 0 Å². The fourth-order valence-corrected chi connectivity index (χ4v) is 2.09. The van der Waals surface area contributed by atoms with Crippen LogP contribution in [0.1, 0.15) is 11.1 Å². The highest BCUT2D eigenvalue weighted by Gasteiger charge is 2.05. The van der Waals surface area contributed by atoms with Gasteiger partial charge in [0.15, 0.2) is 0 Å². The number of benzene rings is 2. The third-order valence-electron chi connectivity index (χ3n) is 2.52. The minimum absolute atomic E-state index is 0.145. The van der Waals surface area contributed by atoms with E-state index in [-0.39, 0.29) is 12.4 Å². The number of halogens is 2. The fraction of sp³-hybridized carbons (Fsp3) is 0.0714. The Balaban J connectivity index is 2.12. The molecule has 0 saturated heterocycles. The van der Waals surface area contributed by atoms with E-state index >= 15 is 0 Å². The van der Waals surface area contributed by atoms with Crippen molar-refractivity contribution in [2.45, 2.75) is 6.61 Å². The summed E-state index contributed by atoms with van der Waals surface area (Å²) < 4.78 is 19.9. The summed E-state index contributed by atoms with van der Waals surface area (Å²) in [6, 6.07) is 11.8. The number of nitrogens with two attached hydrogens (primary N) is 1. The van der Waals surface area contributed by atoms with E-state index in [4.69, 9.17) is 22.7 Å². The maximum absolute atomic E-state index is 13.5. The van der Waals surface area contributed by atoms with Gasteiger partial charge < -0.3 is 10.5 Å². The summed E-state index contributed by atoms with van der Waals surface area (Å²) in [4.78, 5) is 0.305. The van der Waals surface area contributed by atoms with Gasteiger partial charge in [0, 0.05) is 15.6 Å². The van der Waals surface area contributed by atoms with Crippen molar-refractivity contribution >= 4 is 33.1 Å². The lowest BCUT2D eigenvalue weighted by Crippen LogP contribution is -2.09. The molecular weight excluding hydrogens is 329 g/mol. The van der Waals surface area contributed by atoms with E-state index in [1.807, 2.05) is 0 Å². The Morgan fingerprint density at radius 2 is 2.05 bits per heavy atom. The number of hydrogen-bond donors (Lipinski definition) is 1. The lowest BCUT2D eigenvalue weighted by Gasteiger charge is -2.08. The average molecular weight is 340 g/mol. The predicted molar refractivity (Wildman–Crippen MR) is 80.8 cm³/mol. The molecule has 5 heteroatoms. The maximum atomic E-state index is 13.5. The summed E-state index contributed by atoms with van der Waals surface area (Å²) in [5, 5.41) is 0. The first-order valence-corrected chi connectivity index (χ1v) is 6.73. The Morgan fingerprint density at radius 1 is 1.26 bits per heavy atom. The largest absolute Gasteiger partial charge is 0.489 e. The molecule has 0 radical (unpaired) electrons. The molecule has 0 heterocycles. The molecular formula is C14H11BrFNOS. The molecule has 0 bridgehead atoms. The molecule has 2 aromatic carbocycles. The van der Waals surface area contributed by atoms with Crippen LogP contribution in [0.4, 0.5) is 4.39 Å². The molecule has 0 aromatic heterocycles. The second-order valence-electron chi connectivity index (χ2n) is 3.92. The number of ether oxygens (including phenoxy) is 1. The van der Waals surface area contributed by atoms with Crippen molar-refractivity contribution in [3.8, 4) is 5.75 Å². The molecule has 0 aliphatic heterocycles. The SMILES string of the molecule is NC(=S)c1cccc(OCc2cc(Br)ccc2F)c1. The first-order chi connectivity index (χ1) is 9.06. The van der Waals surface area contributed by atoms with Crippen LogP contribution in [-0.4, -0.2) is 4.99 Å². The van der Waals surface area contributed by atoms with Crippen molar-refractivity contribution in [1.82, 2.24) is 0 Å². The van der Waals surface area contributed by atoms with Crippen molar-refractivity contribution in [3.05, 3.63) is 63.9 Å². The summed E-state index contributed by atoms with van der Waals surface area (Å²) in [5.41, 5.74) is 6.75. The summed E-state index contributed by atoms with van der Waals surface area (Å²) >= 11 is 8.19. The van der Waals surface area contributed by atoms with Crippen LogP contribution in [0.25, 0.3) is 0 Å². The van der Waals surface area contributed by atoms with Crippen molar-refractivity contribution in [1.29, 1.82) is 0 Å². The van der Waals surface area contributed by atoms with Crippen LogP contribution < -0.4 is 10.5 Å². The van der Waals surface area contributed by atoms with E-state index in [2.05, 4.69) is 15.9 Å². The van der Waals surface area contributed by atoms with Gasteiger partial charge in [-0.05, 0) is 30.3 Å². The van der Waals surface area contributed by atoms with Crippen LogP contribution in [0, 0.1) is 5.82 Å². The van der Waals surface area contributed by atoms with E-state index in [1.165, 1.54) is 6.07 Å². The molecule has 19 heavy (non-hydrogen) atoms. The Hall–Kier alpha value is -1.46. The number of thiocarbonyl (C=S) groups is 1. The predicted octanol–water partition coefficient (Wildman–Crippen LogP) is 3.80. The van der Waals surface area contributed by atoms with Crippen LogP contribution in [0.15, 0.2) is 46.9 Å². The Bertz CT molecular complexity index is 618. The van der Waals surface area contributed by atoms with E-state index in [0.29, 0.717) is 16.3 Å². The second-order valence-corrected chi connectivity index (χ2v) is 5.27. The van der Waals surface area contributed by atoms with Gasteiger partial charge in [-0.15, -0.1) is 0 Å². The monoisotopic (exact) mass is 339 g/mol. The molecule has 98 valence electrons. The molecule has 0 saturated carbocycles. The summed E-state index contributed by atoms with van der Waals surface area (Å²) in [6.07, 6.45) is 0. The molecule has 2 rings (SSSR count). The van der Waals surface area contributed by atoms with Gasteiger partial charge in [-0.3, -0.25) is 0 Å². The highest BCUT2D eigenvalue weighted by Crippen LogP contribution is 2.19. The minimum atomic E-state index is -0.297. The summed E-state index contributed by atoms with van der Waals surface area (Å²) in [6.45, 7) is 0.145. The highest BCUT2D eigenvalue weighted by atomic mass is 79.9. The first kappa shape index (κ1) is 14.0. The standard InChI is InChI=1S/C14H11BrFNOS/c15-11-4-5-13(16)10(6-11)8-18-12-3-1-2-9(7-12)14(17)19/h1-7H,8H2,(H2,17,19). The normalized spacial score (nSPS) is 10.2. The van der Waals surface area contributed by atoms with Gasteiger partial charge in [-0.1, -0.05) is 40.3 Å². The Kier molecular flexibility index (Phi) is 4.50. The Morgan fingerprint density at radius 3 is 2.79 bits per heavy atom. The highest BCUT2D eigenvalue weighted by molar-refractivity contribution is 9.10. The van der Waals surface area contributed by atoms with Crippen LogP contribution in [0.2, 0.25) is 0 Å². The van der Waals surface area contributed by atoms with Gasteiger partial charge >= 0.3 is 0 Å². The van der Waals surface area contributed by atoms with E-state index in [1.54, 1.807) is 36.4 Å². The van der Waals surface area contributed by atoms with Crippen molar-refractivity contribution in [2.24, 2.45) is 5.73 Å². The van der Waals surface area contributed by atoms with Crippen LogP contribution in [0.3, 0.4) is 0 Å². The lowest BCUT2D eigenvalue weighted by molar-refractivity contribution is 0.299. The third-order valence-corrected chi connectivity index (χ3v) is 3.25. The molecule has 0 aliphatic rings. The molecule has 0 spiro atoms. The van der Waals surface area contributed by atoms with Gasteiger partial charge in [0.05, 0.1) is 0 Å². The zero-order chi connectivity index (χ0) is 13.8. The zero-order valence-electron chi connectivity index (χ0n) is 9.90. The van der Waals surface area contributed by atoms with Crippen LogP contribution in [-0.2, 0) is 6.61 Å². The molecule has 2 aromatic rings. The summed E-state index contributed by atoms with van der Waals surface area (Å²) in [5.74, 6) is 0.304. The smallest absolute Gasteiger partial charge is 0.129 e. The van der Waals surface area contributed by atoms with Crippen LogP contribution in [0.5, 0.6) is 5.75 Å². The third kappa shape index (κ3) is 3.75. The van der Waals surface area contributed by atoms with Crippen molar-refractivity contribution in [3.63, 3.8) is 0 Å². The topological polar surface area (TPSA) is 35.2 Å². The molecule has 0 unspecified atom stereocenters. The van der Waals surface area contributed by atoms with Gasteiger partial charge in [0.25, 0.3) is 0 Å². The molecule has 0 amide bonds. The lowest BCUT2D eigenvalue weighted by atomic mass is 10.2. The Labute approximate surface area is 124 Å². The number of rotatable bonds is 4.